The highest BCUT2D eigenvalue weighted by Gasteiger charge is 2.37. The lowest BCUT2D eigenvalue weighted by Crippen LogP contribution is -2.41. The first kappa shape index (κ1) is 40.2. The van der Waals surface area contributed by atoms with Gasteiger partial charge in [-0.25, -0.2) is 8.78 Å². The van der Waals surface area contributed by atoms with Crippen LogP contribution in [-0.4, -0.2) is 47.1 Å². The minimum Gasteiger partial charge on any atom is -0.481 e. The van der Waals surface area contributed by atoms with E-state index in [0.29, 0.717) is 6.07 Å². The average Bonchev–Trinajstić information content (AvgIpc) is 2.96. The quantitative estimate of drug-likeness (QED) is 0.187. The van der Waals surface area contributed by atoms with Crippen molar-refractivity contribution in [2.45, 2.75) is 78.3 Å². The Labute approximate surface area is 283 Å². The number of benzene rings is 2. The van der Waals surface area contributed by atoms with Crippen LogP contribution >= 0.6 is 0 Å². The first-order valence-corrected chi connectivity index (χ1v) is 15.6. The largest absolute Gasteiger partial charge is 0.481 e. The number of carboxylic acids is 1. The number of nitrogens with zero attached hydrogens (tertiary/aromatic N) is 2. The van der Waals surface area contributed by atoms with E-state index in [1.54, 1.807) is 32.8 Å². The molecule has 2 N–H and O–H groups in total. The van der Waals surface area contributed by atoms with Gasteiger partial charge in [0.05, 0.1) is 23.6 Å². The van der Waals surface area contributed by atoms with Crippen LogP contribution in [0.1, 0.15) is 77.7 Å². The topological polar surface area (TPSA) is 91.6 Å². The number of likely N-dealkylation sites (N-methyl/N-ethyl adjacent to an activating group) is 1. The van der Waals surface area contributed by atoms with E-state index < -0.39 is 76.6 Å². The summed E-state index contributed by atoms with van der Waals surface area (Å²) in [7, 11) is 3.27. The third kappa shape index (κ3) is 9.29. The van der Waals surface area contributed by atoms with Crippen molar-refractivity contribution in [3.8, 4) is 11.1 Å². The van der Waals surface area contributed by atoms with Crippen LogP contribution in [0.15, 0.2) is 35.3 Å². The summed E-state index contributed by atoms with van der Waals surface area (Å²) in [6.45, 7) is 7.33. The third-order valence-corrected chi connectivity index (χ3v) is 8.22. The molecular weight excluding hydrogens is 678 g/mol. The van der Waals surface area contributed by atoms with Gasteiger partial charge in [-0.15, -0.1) is 0 Å². The zero-order valence-electron chi connectivity index (χ0n) is 28.5. The molecule has 2 aromatic carbocycles. The Morgan fingerprint density at radius 2 is 1.48 bits per heavy atom. The maximum atomic E-state index is 16.4. The Bertz CT molecular complexity index is 1790. The van der Waals surface area contributed by atoms with Crippen LogP contribution in [0, 0.1) is 38.3 Å². The van der Waals surface area contributed by atoms with Gasteiger partial charge in [-0.05, 0) is 99.6 Å². The molecule has 15 heteroatoms. The van der Waals surface area contributed by atoms with Crippen LogP contribution in [0.3, 0.4) is 0 Å². The summed E-state index contributed by atoms with van der Waals surface area (Å²) in [6.07, 6.45) is -10.00. The molecule has 2 atom stereocenters. The van der Waals surface area contributed by atoms with E-state index in [1.807, 2.05) is 0 Å². The number of aliphatic carboxylic acids is 1. The predicted molar refractivity (Wildman–Crippen MR) is 171 cm³/mol. The smallest absolute Gasteiger partial charge is 0.416 e. The highest BCUT2D eigenvalue weighted by Crippen LogP contribution is 2.40. The monoisotopic (exact) mass is 717 g/mol. The van der Waals surface area contributed by atoms with Crippen LogP contribution in [0.25, 0.3) is 11.1 Å². The van der Waals surface area contributed by atoms with Crippen molar-refractivity contribution in [2.75, 3.05) is 20.6 Å². The van der Waals surface area contributed by atoms with Gasteiger partial charge >= 0.3 is 18.3 Å². The SMILES string of the molecule is Cc1cc(-c2c(C)cc(C(F)(F)F)cc2C)c(F)c(C(CC(=O)O)NC(=O)C(CC(C)C)n2cc(CCN(C)C)c(C(F)(F)F)cc2=O)c1F. The zero-order chi connectivity index (χ0) is 38.0. The first-order chi connectivity index (χ1) is 22.9. The summed E-state index contributed by atoms with van der Waals surface area (Å²) in [5.41, 5.74) is -5.07. The number of carbonyl (C=O) groups is 2. The molecule has 7 nitrogen and oxygen atoms in total. The molecule has 0 aliphatic carbocycles. The molecule has 0 saturated carbocycles. The van der Waals surface area contributed by atoms with Crippen LogP contribution in [0.2, 0.25) is 0 Å². The Hall–Kier alpha value is -4.27. The Kier molecular flexibility index (Phi) is 12.3. The van der Waals surface area contributed by atoms with Gasteiger partial charge in [0.25, 0.3) is 5.56 Å². The minimum atomic E-state index is -4.88. The lowest BCUT2D eigenvalue weighted by atomic mass is 9.88. The molecule has 274 valence electrons. The summed E-state index contributed by atoms with van der Waals surface area (Å²) in [6, 6.07) is -0.393. The minimum absolute atomic E-state index is 0.000467. The van der Waals surface area contributed by atoms with Crippen molar-refractivity contribution in [1.29, 1.82) is 0 Å². The van der Waals surface area contributed by atoms with Gasteiger partial charge in [0, 0.05) is 29.9 Å². The average molecular weight is 718 g/mol. The molecule has 1 amide bonds. The molecule has 0 radical (unpaired) electrons. The van der Waals surface area contributed by atoms with E-state index in [0.717, 1.165) is 29.0 Å². The van der Waals surface area contributed by atoms with Crippen molar-refractivity contribution < 1.29 is 49.8 Å². The van der Waals surface area contributed by atoms with E-state index in [2.05, 4.69) is 5.32 Å². The molecular formula is C35H39F8N3O4. The molecule has 0 aliphatic heterocycles. The summed E-state index contributed by atoms with van der Waals surface area (Å²) in [5, 5.41) is 12.0. The lowest BCUT2D eigenvalue weighted by Gasteiger charge is -2.27. The molecule has 50 heavy (non-hydrogen) atoms. The molecule has 1 heterocycles. The Balaban J connectivity index is 2.22. The van der Waals surface area contributed by atoms with Crippen molar-refractivity contribution in [1.82, 2.24) is 14.8 Å². The number of halogens is 8. The molecule has 0 aliphatic rings. The Morgan fingerprint density at radius 3 is 1.96 bits per heavy atom. The molecule has 1 aromatic heterocycles. The van der Waals surface area contributed by atoms with Crippen molar-refractivity contribution in [3.63, 3.8) is 0 Å². The second-order valence-corrected chi connectivity index (χ2v) is 13.1. The molecule has 0 saturated heterocycles. The predicted octanol–water partition coefficient (Wildman–Crippen LogP) is 7.78. The normalized spacial score (nSPS) is 13.5. The van der Waals surface area contributed by atoms with Crippen molar-refractivity contribution in [2.24, 2.45) is 5.92 Å². The Morgan fingerprint density at radius 1 is 0.900 bits per heavy atom. The first-order valence-electron chi connectivity index (χ1n) is 15.6. The fraction of sp³-hybridized carbons (Fsp3) is 0.457. The molecule has 0 fully saturated rings. The summed E-state index contributed by atoms with van der Waals surface area (Å²) in [4.78, 5) is 40.6. The number of aryl methyl sites for hydroxylation is 3. The fourth-order valence-corrected chi connectivity index (χ4v) is 5.94. The van der Waals surface area contributed by atoms with Crippen LogP contribution in [-0.2, 0) is 28.4 Å². The molecule has 3 rings (SSSR count). The number of hydrogen-bond donors (Lipinski definition) is 2. The highest BCUT2D eigenvalue weighted by molar-refractivity contribution is 5.82. The van der Waals surface area contributed by atoms with E-state index in [-0.39, 0.29) is 58.7 Å². The van der Waals surface area contributed by atoms with E-state index in [4.69, 9.17) is 0 Å². The van der Waals surface area contributed by atoms with Crippen molar-refractivity contribution >= 4 is 11.9 Å². The van der Waals surface area contributed by atoms with Crippen LogP contribution in [0.4, 0.5) is 35.1 Å². The molecule has 2 unspecified atom stereocenters. The molecule has 3 aromatic rings. The van der Waals surface area contributed by atoms with Gasteiger partial charge in [0.1, 0.15) is 17.7 Å². The number of aromatic nitrogens is 1. The molecule has 0 spiro atoms. The van der Waals surface area contributed by atoms with E-state index >= 15 is 8.78 Å². The summed E-state index contributed by atoms with van der Waals surface area (Å²) < 4.78 is 115. The number of amides is 1. The van der Waals surface area contributed by atoms with E-state index in [1.165, 1.54) is 20.8 Å². The number of hydrogen-bond acceptors (Lipinski definition) is 4. The number of alkyl halides is 6. The van der Waals surface area contributed by atoms with Crippen molar-refractivity contribution in [3.05, 3.63) is 91.4 Å². The number of carbonyl (C=O) groups excluding carboxylic acids is 1. The van der Waals surface area contributed by atoms with Gasteiger partial charge in [-0.3, -0.25) is 14.4 Å². The zero-order valence-corrected chi connectivity index (χ0v) is 28.5. The maximum Gasteiger partial charge on any atom is 0.416 e. The van der Waals surface area contributed by atoms with Gasteiger partial charge in [-0.1, -0.05) is 13.8 Å². The van der Waals surface area contributed by atoms with Crippen LogP contribution < -0.4 is 10.9 Å². The number of nitrogens with one attached hydrogen (secondary N) is 1. The maximum absolute atomic E-state index is 16.4. The fourth-order valence-electron chi connectivity index (χ4n) is 5.94. The van der Waals surface area contributed by atoms with Crippen LogP contribution in [0.5, 0.6) is 0 Å². The number of rotatable bonds is 12. The standard InChI is InChI=1S/C35H39F8N3O4/c1-17(2)10-26(46-16-21(8-9-45(6)7)24(14-27(46)47)35(41,42)43)33(50)44-25(15-28(48)49)30-31(36)20(5)13-23(32(30)37)29-18(3)11-22(12-19(29)4)34(38,39)40/h11-14,16-17,25-26H,8-10,15H2,1-7H3,(H,44,50)(H,48,49). The van der Waals surface area contributed by atoms with Gasteiger partial charge in [0.2, 0.25) is 5.91 Å². The third-order valence-electron chi connectivity index (χ3n) is 8.22. The number of pyridine rings is 1. The lowest BCUT2D eigenvalue weighted by molar-refractivity contribution is -0.139. The second-order valence-electron chi connectivity index (χ2n) is 13.1. The van der Waals surface area contributed by atoms with Gasteiger partial charge < -0.3 is 19.9 Å². The number of carboxylic acid groups (broad SMARTS) is 1. The second kappa shape index (κ2) is 15.3. The molecule has 0 bridgehead atoms. The van der Waals surface area contributed by atoms with Gasteiger partial charge in [-0.2, -0.15) is 26.3 Å². The summed E-state index contributed by atoms with van der Waals surface area (Å²) >= 11 is 0. The van der Waals surface area contributed by atoms with E-state index in [9.17, 15) is 45.8 Å². The highest BCUT2D eigenvalue weighted by atomic mass is 19.4. The van der Waals surface area contributed by atoms with Gasteiger partial charge in [0.15, 0.2) is 0 Å². The summed E-state index contributed by atoms with van der Waals surface area (Å²) in [5.74, 6) is -5.57.